The van der Waals surface area contributed by atoms with Gasteiger partial charge in [-0.25, -0.2) is 4.98 Å². The minimum atomic E-state index is -0.924. The van der Waals surface area contributed by atoms with Crippen LogP contribution in [0.2, 0.25) is 10.0 Å². The van der Waals surface area contributed by atoms with E-state index in [9.17, 15) is 0 Å². The first-order valence-electron chi connectivity index (χ1n) is 11.3. The van der Waals surface area contributed by atoms with Gasteiger partial charge in [-0.3, -0.25) is 16.1 Å². The number of anilines is 2. The summed E-state index contributed by atoms with van der Waals surface area (Å²) in [6.45, 7) is 4.32. The van der Waals surface area contributed by atoms with Crippen molar-refractivity contribution in [3.8, 4) is 5.75 Å². The van der Waals surface area contributed by atoms with Crippen molar-refractivity contribution in [2.75, 3.05) is 30.3 Å². The fourth-order valence-electron chi connectivity index (χ4n) is 4.56. The number of benzene rings is 1. The highest BCUT2D eigenvalue weighted by Crippen LogP contribution is 2.37. The molecule has 0 aliphatic carbocycles. The van der Waals surface area contributed by atoms with Crippen LogP contribution in [-0.2, 0) is 4.74 Å². The Balaban J connectivity index is 1.31. The van der Waals surface area contributed by atoms with Crippen LogP contribution in [0.1, 0.15) is 41.5 Å². The van der Waals surface area contributed by atoms with Gasteiger partial charge in [-0.15, -0.1) is 0 Å². The Kier molecular flexibility index (Phi) is 6.31. The van der Waals surface area contributed by atoms with Crippen molar-refractivity contribution in [2.24, 2.45) is 5.73 Å². The van der Waals surface area contributed by atoms with Gasteiger partial charge < -0.3 is 20.1 Å². The maximum Gasteiger partial charge on any atom is 0.177 e. The molecule has 0 radical (unpaired) electrons. The average Bonchev–Trinajstić information content (AvgIpc) is 3.32. The SMILES string of the molecule is Cc1ncc(Cl)c([C@@H](N)Oc2ccc(N)c(C(=N)c3ccc(N4CC5(CCCO5)C4)nc3)c2)c1Cl. The minimum Gasteiger partial charge on any atom is -0.471 e. The van der Waals surface area contributed by atoms with Crippen LogP contribution in [0.25, 0.3) is 0 Å². The number of nitrogens with two attached hydrogens (primary N) is 2. The van der Waals surface area contributed by atoms with Crippen molar-refractivity contribution in [3.05, 3.63) is 75.2 Å². The first-order chi connectivity index (χ1) is 16.8. The van der Waals surface area contributed by atoms with E-state index in [4.69, 9.17) is 49.6 Å². The Morgan fingerprint density at radius 1 is 1.20 bits per heavy atom. The van der Waals surface area contributed by atoms with Crippen molar-refractivity contribution >= 4 is 40.4 Å². The molecule has 2 aliphatic rings. The van der Waals surface area contributed by atoms with E-state index in [-0.39, 0.29) is 11.3 Å². The zero-order chi connectivity index (χ0) is 24.7. The summed E-state index contributed by atoms with van der Waals surface area (Å²) in [6, 6.07) is 8.85. The van der Waals surface area contributed by atoms with Crippen molar-refractivity contribution in [1.29, 1.82) is 5.41 Å². The summed E-state index contributed by atoms with van der Waals surface area (Å²) in [5.74, 6) is 1.31. The Bertz CT molecular complexity index is 1270. The van der Waals surface area contributed by atoms with Crippen molar-refractivity contribution in [3.63, 3.8) is 0 Å². The third kappa shape index (κ3) is 4.54. The average molecular weight is 513 g/mol. The molecule has 5 N–H and O–H groups in total. The predicted octanol–water partition coefficient (Wildman–Crippen LogP) is 4.50. The molecule has 2 saturated heterocycles. The van der Waals surface area contributed by atoms with Gasteiger partial charge in [0.1, 0.15) is 17.2 Å². The number of aryl methyl sites for hydroxylation is 1. The highest BCUT2D eigenvalue weighted by Gasteiger charge is 2.46. The Hall–Kier alpha value is -2.91. The van der Waals surface area contributed by atoms with Crippen LogP contribution in [0.5, 0.6) is 5.75 Å². The van der Waals surface area contributed by atoms with E-state index in [1.54, 1.807) is 31.3 Å². The highest BCUT2D eigenvalue weighted by atomic mass is 35.5. The van der Waals surface area contributed by atoms with Gasteiger partial charge >= 0.3 is 0 Å². The van der Waals surface area contributed by atoms with Gasteiger partial charge in [0.2, 0.25) is 0 Å². The summed E-state index contributed by atoms with van der Waals surface area (Å²) in [4.78, 5) is 10.9. The molecule has 1 aromatic carbocycles. The number of hydrogen-bond acceptors (Lipinski definition) is 8. The number of rotatable bonds is 6. The molecule has 2 aliphatic heterocycles. The molecule has 5 rings (SSSR count). The molecule has 0 saturated carbocycles. The number of nitrogens with zero attached hydrogens (tertiary/aromatic N) is 3. The zero-order valence-corrected chi connectivity index (χ0v) is 20.7. The van der Waals surface area contributed by atoms with Gasteiger partial charge in [-0.05, 0) is 50.1 Å². The summed E-state index contributed by atoms with van der Waals surface area (Å²) < 4.78 is 11.8. The van der Waals surface area contributed by atoms with E-state index in [2.05, 4.69) is 14.9 Å². The summed E-state index contributed by atoms with van der Waals surface area (Å²) in [7, 11) is 0. The highest BCUT2D eigenvalue weighted by molar-refractivity contribution is 6.36. The first kappa shape index (κ1) is 23.8. The van der Waals surface area contributed by atoms with E-state index in [0.29, 0.717) is 43.9 Å². The monoisotopic (exact) mass is 512 g/mol. The fourth-order valence-corrected chi connectivity index (χ4v) is 5.12. The molecular weight excluding hydrogens is 487 g/mol. The number of pyridine rings is 2. The lowest BCUT2D eigenvalue weighted by Crippen LogP contribution is -2.61. The van der Waals surface area contributed by atoms with Crippen LogP contribution in [-0.4, -0.2) is 41.0 Å². The number of ether oxygens (including phenoxy) is 2. The maximum absolute atomic E-state index is 8.73. The summed E-state index contributed by atoms with van der Waals surface area (Å²) in [6.07, 6.45) is 4.48. The van der Waals surface area contributed by atoms with E-state index in [0.717, 1.165) is 38.4 Å². The molecule has 182 valence electrons. The van der Waals surface area contributed by atoms with Crippen LogP contribution in [0.3, 0.4) is 0 Å². The smallest absolute Gasteiger partial charge is 0.177 e. The molecule has 2 fully saturated rings. The first-order valence-corrected chi connectivity index (χ1v) is 12.1. The van der Waals surface area contributed by atoms with Gasteiger partial charge in [-0.2, -0.15) is 0 Å². The van der Waals surface area contributed by atoms with E-state index in [1.165, 1.54) is 6.20 Å². The van der Waals surface area contributed by atoms with Crippen LogP contribution < -0.4 is 21.1 Å². The Labute approximate surface area is 213 Å². The van der Waals surface area contributed by atoms with Crippen LogP contribution >= 0.6 is 23.2 Å². The van der Waals surface area contributed by atoms with E-state index in [1.807, 2.05) is 12.1 Å². The zero-order valence-electron chi connectivity index (χ0n) is 19.2. The fraction of sp³-hybridized carbons (Fsp3) is 0.320. The van der Waals surface area contributed by atoms with Crippen molar-refractivity contribution in [2.45, 2.75) is 31.6 Å². The predicted molar refractivity (Wildman–Crippen MR) is 138 cm³/mol. The number of aromatic nitrogens is 2. The molecule has 10 heteroatoms. The van der Waals surface area contributed by atoms with Gasteiger partial charge in [0.25, 0.3) is 0 Å². The van der Waals surface area contributed by atoms with Gasteiger partial charge in [0, 0.05) is 41.4 Å². The molecule has 35 heavy (non-hydrogen) atoms. The lowest BCUT2D eigenvalue weighted by molar-refractivity contribution is -0.0184. The number of hydrogen-bond donors (Lipinski definition) is 3. The molecule has 1 spiro atoms. The molecule has 3 aromatic rings. The summed E-state index contributed by atoms with van der Waals surface area (Å²) in [5, 5.41) is 9.40. The summed E-state index contributed by atoms with van der Waals surface area (Å²) >= 11 is 12.6. The van der Waals surface area contributed by atoms with E-state index >= 15 is 0 Å². The van der Waals surface area contributed by atoms with Crippen LogP contribution in [0.4, 0.5) is 11.5 Å². The largest absolute Gasteiger partial charge is 0.471 e. The molecular formula is C25H26Cl2N6O2. The Morgan fingerprint density at radius 2 is 2.00 bits per heavy atom. The number of nitrogens with one attached hydrogen (secondary N) is 1. The number of nitrogen functional groups attached to an aromatic ring is 1. The van der Waals surface area contributed by atoms with Crippen LogP contribution in [0, 0.1) is 12.3 Å². The normalized spacial score (nSPS) is 17.3. The van der Waals surface area contributed by atoms with Crippen molar-refractivity contribution in [1.82, 2.24) is 9.97 Å². The molecule has 0 amide bonds. The topological polar surface area (TPSA) is 123 Å². The molecule has 1 atom stereocenters. The Morgan fingerprint density at radius 3 is 2.69 bits per heavy atom. The van der Waals surface area contributed by atoms with Gasteiger partial charge in [0.05, 0.1) is 34.5 Å². The lowest BCUT2D eigenvalue weighted by Gasteiger charge is -2.47. The molecule has 0 unspecified atom stereocenters. The van der Waals surface area contributed by atoms with E-state index < -0.39 is 6.23 Å². The molecule has 0 bridgehead atoms. The second kappa shape index (κ2) is 9.28. The quantitative estimate of drug-likeness (QED) is 0.252. The number of halogens is 2. The van der Waals surface area contributed by atoms with Gasteiger partial charge in [0.15, 0.2) is 6.23 Å². The lowest BCUT2D eigenvalue weighted by atomic mass is 9.91. The third-order valence-corrected chi connectivity index (χ3v) is 7.31. The second-order valence-electron chi connectivity index (χ2n) is 8.98. The van der Waals surface area contributed by atoms with Gasteiger partial charge in [-0.1, -0.05) is 23.2 Å². The molecule has 8 nitrogen and oxygen atoms in total. The molecule has 4 heterocycles. The minimum absolute atomic E-state index is 0.00617. The standard InChI is InChI=1S/C25H26Cl2N6O2/c1-14-22(27)21(18(26)11-31-14)24(30)35-16-4-5-19(28)17(9-16)23(29)15-3-6-20(32-10-15)33-12-25(13-33)7-2-8-34-25/h3-6,9-11,24,29H,2,7-8,12-13,28,30H2,1H3/t24-/m0/s1. The maximum atomic E-state index is 8.73. The second-order valence-corrected chi connectivity index (χ2v) is 9.76. The third-order valence-electron chi connectivity index (χ3n) is 6.53. The molecule has 2 aromatic heterocycles. The van der Waals surface area contributed by atoms with Crippen LogP contribution in [0.15, 0.2) is 42.7 Å². The summed E-state index contributed by atoms with van der Waals surface area (Å²) in [5.41, 5.74) is 15.3. The van der Waals surface area contributed by atoms with Crippen molar-refractivity contribution < 1.29 is 9.47 Å².